The molecule has 0 aromatic carbocycles. The van der Waals surface area contributed by atoms with E-state index in [1.807, 2.05) is 4.90 Å². The van der Waals surface area contributed by atoms with Gasteiger partial charge in [0.1, 0.15) is 0 Å². The molecule has 150 valence electrons. The number of hydrogen-bond acceptors (Lipinski definition) is 4. The average Bonchev–Trinajstić information content (AvgIpc) is 3.01. The fourth-order valence-electron chi connectivity index (χ4n) is 5.33. The lowest BCUT2D eigenvalue weighted by Gasteiger charge is -2.44. The van der Waals surface area contributed by atoms with Gasteiger partial charge in [0.25, 0.3) is 5.56 Å². The number of H-pyrrole nitrogens is 1. The molecule has 2 saturated heterocycles. The lowest BCUT2D eigenvalue weighted by Crippen LogP contribution is -2.48. The number of aliphatic hydroxyl groups is 1. The predicted octanol–water partition coefficient (Wildman–Crippen LogP) is 1.10. The number of nitrogens with zero attached hydrogens (tertiary/aromatic N) is 3. The summed E-state index contributed by atoms with van der Waals surface area (Å²) in [6, 6.07) is 0.692. The molecule has 3 aliphatic rings. The van der Waals surface area contributed by atoms with Crippen LogP contribution >= 0.6 is 0 Å². The number of rotatable bonds is 5. The molecule has 0 aliphatic carbocycles. The van der Waals surface area contributed by atoms with Gasteiger partial charge in [0.2, 0.25) is 5.91 Å². The number of amides is 1. The summed E-state index contributed by atoms with van der Waals surface area (Å²) in [6.07, 6.45) is 8.70. The van der Waals surface area contributed by atoms with Crippen LogP contribution in [0.3, 0.4) is 0 Å². The molecule has 7 nitrogen and oxygen atoms in total. The Morgan fingerprint density at radius 3 is 2.85 bits per heavy atom. The lowest BCUT2D eigenvalue weighted by atomic mass is 9.81. The van der Waals surface area contributed by atoms with Crippen molar-refractivity contribution in [2.45, 2.75) is 70.5 Å². The van der Waals surface area contributed by atoms with Crippen LogP contribution in [0.2, 0.25) is 0 Å². The normalized spacial score (nSPS) is 25.9. The van der Waals surface area contributed by atoms with E-state index in [1.165, 1.54) is 49.9 Å². The molecule has 27 heavy (non-hydrogen) atoms. The minimum atomic E-state index is -0.0679. The van der Waals surface area contributed by atoms with E-state index in [0.29, 0.717) is 37.9 Å². The number of piperidine rings is 2. The third-order valence-corrected chi connectivity index (χ3v) is 6.75. The highest BCUT2D eigenvalue weighted by atomic mass is 16.3. The summed E-state index contributed by atoms with van der Waals surface area (Å²) in [6.45, 7) is 3.80. The summed E-state index contributed by atoms with van der Waals surface area (Å²) in [4.78, 5) is 29.6. The average molecular weight is 377 g/mol. The number of carbonyl (C=O) groups is 1. The first-order valence-corrected chi connectivity index (χ1v) is 10.6. The smallest absolute Gasteiger partial charge is 0.270 e. The van der Waals surface area contributed by atoms with Crippen LogP contribution in [0.15, 0.2) is 4.79 Å². The summed E-state index contributed by atoms with van der Waals surface area (Å²) in [5, 5.41) is 12.1. The Kier molecular flexibility index (Phi) is 5.68. The van der Waals surface area contributed by atoms with Gasteiger partial charge in [0, 0.05) is 24.6 Å². The molecule has 1 amide bonds. The van der Waals surface area contributed by atoms with Crippen molar-refractivity contribution < 1.29 is 9.90 Å². The molecule has 3 aliphatic heterocycles. The zero-order valence-electron chi connectivity index (χ0n) is 16.2. The van der Waals surface area contributed by atoms with Crippen molar-refractivity contribution in [1.82, 2.24) is 19.6 Å². The van der Waals surface area contributed by atoms with E-state index in [-0.39, 0.29) is 24.6 Å². The second-order valence-corrected chi connectivity index (χ2v) is 8.35. The molecular weight excluding hydrogens is 344 g/mol. The Bertz CT molecular complexity index is 723. The third-order valence-electron chi connectivity index (χ3n) is 6.75. The van der Waals surface area contributed by atoms with Crippen molar-refractivity contribution in [2.75, 3.05) is 26.2 Å². The van der Waals surface area contributed by atoms with Crippen LogP contribution in [0.25, 0.3) is 0 Å². The highest BCUT2D eigenvalue weighted by Crippen LogP contribution is 2.33. The van der Waals surface area contributed by atoms with Crippen molar-refractivity contribution in [3.8, 4) is 0 Å². The van der Waals surface area contributed by atoms with E-state index < -0.39 is 0 Å². The Morgan fingerprint density at radius 1 is 1.15 bits per heavy atom. The van der Waals surface area contributed by atoms with E-state index in [1.54, 1.807) is 0 Å². The minimum Gasteiger partial charge on any atom is -0.394 e. The van der Waals surface area contributed by atoms with Gasteiger partial charge >= 0.3 is 0 Å². The van der Waals surface area contributed by atoms with Crippen molar-refractivity contribution in [2.24, 2.45) is 5.92 Å². The van der Waals surface area contributed by atoms with Gasteiger partial charge in [0.05, 0.1) is 25.4 Å². The molecule has 0 spiro atoms. The monoisotopic (exact) mass is 376 g/mol. The summed E-state index contributed by atoms with van der Waals surface area (Å²) < 4.78 is 1.46. The van der Waals surface area contributed by atoms with Crippen molar-refractivity contribution in [1.29, 1.82) is 0 Å². The van der Waals surface area contributed by atoms with Crippen LogP contribution in [0.5, 0.6) is 0 Å². The number of aromatic nitrogens is 2. The number of carbonyl (C=O) groups excluding carboxylic acids is 1. The molecule has 7 heteroatoms. The second-order valence-electron chi connectivity index (χ2n) is 8.35. The van der Waals surface area contributed by atoms with E-state index in [9.17, 15) is 9.59 Å². The molecular formula is C20H32N4O3. The maximum atomic E-state index is 12.8. The fraction of sp³-hybridized carbons (Fsp3) is 0.800. The van der Waals surface area contributed by atoms with Gasteiger partial charge in [-0.15, -0.1) is 0 Å². The molecule has 0 saturated carbocycles. The topological polar surface area (TPSA) is 81.6 Å². The molecule has 2 atom stereocenters. The van der Waals surface area contributed by atoms with E-state index in [0.717, 1.165) is 17.7 Å². The van der Waals surface area contributed by atoms with Gasteiger partial charge < -0.3 is 14.9 Å². The van der Waals surface area contributed by atoms with Crippen molar-refractivity contribution in [3.63, 3.8) is 0 Å². The fourth-order valence-corrected chi connectivity index (χ4v) is 5.33. The van der Waals surface area contributed by atoms with Crippen LogP contribution in [-0.4, -0.2) is 62.9 Å². The van der Waals surface area contributed by atoms with Crippen LogP contribution in [0, 0.1) is 5.92 Å². The SMILES string of the molecule is O=C(CC[C@@H]1CCCN2CCCC[C@H]12)N1CCc2c([nH]n(CCO)c2=O)C1. The van der Waals surface area contributed by atoms with Crippen molar-refractivity contribution >= 4 is 5.91 Å². The molecule has 0 bridgehead atoms. The highest BCUT2D eigenvalue weighted by molar-refractivity contribution is 5.76. The number of nitrogens with one attached hydrogen (secondary N) is 1. The first-order chi connectivity index (χ1) is 13.2. The number of aliphatic hydroxyl groups excluding tert-OH is 1. The Morgan fingerprint density at radius 2 is 2.00 bits per heavy atom. The number of fused-ring (bicyclic) bond motifs is 2. The standard InChI is InChI=1S/C20H32N4O3/c25-13-12-24-20(27)16-8-11-23(14-17(16)21-24)19(26)7-6-15-4-3-10-22-9-2-1-5-18(15)22/h15,18,21,25H,1-14H2/t15-,18+/m0/s1. The van der Waals surface area contributed by atoms with Crippen LogP contribution < -0.4 is 5.56 Å². The van der Waals surface area contributed by atoms with Crippen LogP contribution in [0.4, 0.5) is 0 Å². The predicted molar refractivity (Wildman–Crippen MR) is 102 cm³/mol. The van der Waals surface area contributed by atoms with E-state index >= 15 is 0 Å². The molecule has 1 aromatic rings. The molecule has 0 radical (unpaired) electrons. The summed E-state index contributed by atoms with van der Waals surface area (Å²) in [5.41, 5.74) is 1.56. The minimum absolute atomic E-state index is 0.0502. The zero-order valence-corrected chi connectivity index (χ0v) is 16.2. The second kappa shape index (κ2) is 8.19. The van der Waals surface area contributed by atoms with Gasteiger partial charge in [-0.1, -0.05) is 6.42 Å². The van der Waals surface area contributed by atoms with Crippen LogP contribution in [0.1, 0.15) is 56.2 Å². The van der Waals surface area contributed by atoms with Gasteiger partial charge in [-0.05, 0) is 57.5 Å². The largest absolute Gasteiger partial charge is 0.394 e. The van der Waals surface area contributed by atoms with Gasteiger partial charge in [-0.3, -0.25) is 19.4 Å². The number of aromatic amines is 1. The Hall–Kier alpha value is -1.60. The first kappa shape index (κ1) is 18.7. The van der Waals surface area contributed by atoms with E-state index in [4.69, 9.17) is 5.11 Å². The van der Waals surface area contributed by atoms with Crippen LogP contribution in [-0.2, 0) is 24.3 Å². The Balaban J connectivity index is 1.34. The number of hydrogen-bond donors (Lipinski definition) is 2. The zero-order chi connectivity index (χ0) is 18.8. The molecule has 1 aromatic heterocycles. The highest BCUT2D eigenvalue weighted by Gasteiger charge is 2.33. The maximum absolute atomic E-state index is 12.8. The van der Waals surface area contributed by atoms with Crippen molar-refractivity contribution in [3.05, 3.63) is 21.6 Å². The lowest BCUT2D eigenvalue weighted by molar-refractivity contribution is -0.132. The molecule has 2 N–H and O–H groups in total. The van der Waals surface area contributed by atoms with Gasteiger partial charge in [0.15, 0.2) is 0 Å². The van der Waals surface area contributed by atoms with Gasteiger partial charge in [-0.2, -0.15) is 0 Å². The van der Waals surface area contributed by atoms with Gasteiger partial charge in [-0.25, -0.2) is 0 Å². The Labute approximate surface area is 160 Å². The maximum Gasteiger partial charge on any atom is 0.270 e. The van der Waals surface area contributed by atoms with E-state index in [2.05, 4.69) is 10.00 Å². The molecule has 0 unspecified atom stereocenters. The summed E-state index contributed by atoms with van der Waals surface area (Å²) >= 11 is 0. The first-order valence-electron chi connectivity index (χ1n) is 10.6. The summed E-state index contributed by atoms with van der Waals surface area (Å²) in [5.74, 6) is 0.873. The molecule has 4 rings (SSSR count). The quantitative estimate of drug-likeness (QED) is 0.806. The molecule has 4 heterocycles. The summed E-state index contributed by atoms with van der Waals surface area (Å²) in [7, 11) is 0. The third kappa shape index (κ3) is 3.85. The molecule has 2 fully saturated rings.